The van der Waals surface area contributed by atoms with Crippen molar-refractivity contribution in [1.82, 2.24) is 9.80 Å². The van der Waals surface area contributed by atoms with Crippen LogP contribution in [0.25, 0.3) is 0 Å². The number of imide groups is 1. The summed E-state index contributed by atoms with van der Waals surface area (Å²) in [5, 5.41) is 0. The van der Waals surface area contributed by atoms with Crippen LogP contribution < -0.4 is 0 Å². The van der Waals surface area contributed by atoms with E-state index in [0.29, 0.717) is 30.0 Å². The van der Waals surface area contributed by atoms with Gasteiger partial charge in [-0.15, -0.1) is 0 Å². The van der Waals surface area contributed by atoms with Crippen molar-refractivity contribution in [1.29, 1.82) is 0 Å². The van der Waals surface area contributed by atoms with E-state index in [-0.39, 0.29) is 30.7 Å². The molecule has 0 aliphatic carbocycles. The van der Waals surface area contributed by atoms with Gasteiger partial charge in [-0.1, -0.05) is 46.3 Å². The van der Waals surface area contributed by atoms with Crippen LogP contribution in [-0.4, -0.2) is 34.1 Å². The first-order valence-corrected chi connectivity index (χ1v) is 10.3. The Morgan fingerprint density at radius 3 is 2.43 bits per heavy atom. The number of benzene rings is 2. The van der Waals surface area contributed by atoms with Crippen LogP contribution in [0.4, 0.5) is 0 Å². The second-order valence-electron chi connectivity index (χ2n) is 7.02. The first kappa shape index (κ1) is 20.1. The molecule has 0 bridgehead atoms. The van der Waals surface area contributed by atoms with Gasteiger partial charge in [0.05, 0.1) is 23.9 Å². The number of halogens is 1. The predicted molar refractivity (Wildman–Crippen MR) is 114 cm³/mol. The molecule has 0 spiro atoms. The van der Waals surface area contributed by atoms with E-state index < -0.39 is 0 Å². The SMILES string of the molecule is O=C(CCN1C(=O)c2ccc(Br)cc2C1=O)N(Cc1ccccc1)Cc1ccco1. The highest BCUT2D eigenvalue weighted by Gasteiger charge is 2.35. The van der Waals surface area contributed by atoms with Gasteiger partial charge in [-0.2, -0.15) is 0 Å². The maximum Gasteiger partial charge on any atom is 0.261 e. The quantitative estimate of drug-likeness (QED) is 0.487. The lowest BCUT2D eigenvalue weighted by Gasteiger charge is -2.23. The van der Waals surface area contributed by atoms with Crippen molar-refractivity contribution < 1.29 is 18.8 Å². The lowest BCUT2D eigenvalue weighted by atomic mass is 10.1. The Balaban J connectivity index is 1.46. The van der Waals surface area contributed by atoms with Crippen LogP contribution in [0, 0.1) is 0 Å². The summed E-state index contributed by atoms with van der Waals surface area (Å²) in [4.78, 5) is 41.0. The highest BCUT2D eigenvalue weighted by molar-refractivity contribution is 9.10. The Hall–Kier alpha value is -3.19. The number of furan rings is 1. The Bertz CT molecular complexity index is 1080. The first-order chi connectivity index (χ1) is 14.5. The molecule has 0 N–H and O–H groups in total. The van der Waals surface area contributed by atoms with Crippen LogP contribution in [0.3, 0.4) is 0 Å². The van der Waals surface area contributed by atoms with Crippen LogP contribution in [0.15, 0.2) is 75.8 Å². The maximum atomic E-state index is 13.0. The first-order valence-electron chi connectivity index (χ1n) is 9.53. The third-order valence-corrected chi connectivity index (χ3v) is 5.47. The number of fused-ring (bicyclic) bond motifs is 1. The van der Waals surface area contributed by atoms with E-state index in [4.69, 9.17) is 4.42 Å². The van der Waals surface area contributed by atoms with Crippen molar-refractivity contribution in [2.24, 2.45) is 0 Å². The standard InChI is InChI=1S/C23H19BrN2O4/c24-17-8-9-19-20(13-17)23(29)26(22(19)28)11-10-21(27)25(15-18-7-4-12-30-18)14-16-5-2-1-3-6-16/h1-9,12-13H,10-11,14-15H2. The zero-order valence-electron chi connectivity index (χ0n) is 16.1. The van der Waals surface area contributed by atoms with Gasteiger partial charge >= 0.3 is 0 Å². The van der Waals surface area contributed by atoms with Crippen molar-refractivity contribution in [3.63, 3.8) is 0 Å². The van der Waals surface area contributed by atoms with E-state index in [0.717, 1.165) is 14.9 Å². The molecule has 2 aromatic carbocycles. The number of carbonyl (C=O) groups is 3. The average Bonchev–Trinajstić information content (AvgIpc) is 3.34. The highest BCUT2D eigenvalue weighted by Crippen LogP contribution is 2.26. The van der Waals surface area contributed by atoms with Crippen molar-refractivity contribution in [2.45, 2.75) is 19.5 Å². The van der Waals surface area contributed by atoms with E-state index in [1.165, 1.54) is 0 Å². The van der Waals surface area contributed by atoms with Crippen LogP contribution in [0.5, 0.6) is 0 Å². The largest absolute Gasteiger partial charge is 0.467 e. The second-order valence-corrected chi connectivity index (χ2v) is 7.93. The summed E-state index contributed by atoms with van der Waals surface area (Å²) in [5.74, 6) is -0.224. The van der Waals surface area contributed by atoms with E-state index in [1.807, 2.05) is 36.4 Å². The van der Waals surface area contributed by atoms with E-state index in [1.54, 1.807) is 35.4 Å². The minimum absolute atomic E-state index is 0.0340. The fourth-order valence-electron chi connectivity index (χ4n) is 3.46. The third kappa shape index (κ3) is 4.21. The summed E-state index contributed by atoms with van der Waals surface area (Å²) in [6.07, 6.45) is 1.61. The minimum Gasteiger partial charge on any atom is -0.467 e. The Morgan fingerprint density at radius 1 is 0.933 bits per heavy atom. The summed E-state index contributed by atoms with van der Waals surface area (Å²) in [7, 11) is 0. The smallest absolute Gasteiger partial charge is 0.261 e. The maximum absolute atomic E-state index is 13.0. The van der Waals surface area contributed by atoms with Crippen molar-refractivity contribution >= 4 is 33.7 Å². The number of amides is 3. The van der Waals surface area contributed by atoms with Crippen LogP contribution in [0.1, 0.15) is 38.5 Å². The van der Waals surface area contributed by atoms with Crippen molar-refractivity contribution in [2.75, 3.05) is 6.54 Å². The minimum atomic E-state index is -0.371. The number of nitrogens with zero attached hydrogens (tertiary/aromatic N) is 2. The van der Waals surface area contributed by atoms with E-state index in [9.17, 15) is 14.4 Å². The highest BCUT2D eigenvalue weighted by atomic mass is 79.9. The van der Waals surface area contributed by atoms with Gasteiger partial charge in [0, 0.05) is 24.0 Å². The summed E-state index contributed by atoms with van der Waals surface area (Å²) < 4.78 is 6.13. The van der Waals surface area contributed by atoms with Gasteiger partial charge < -0.3 is 9.32 Å². The van der Waals surface area contributed by atoms with Gasteiger partial charge in [0.25, 0.3) is 11.8 Å². The fourth-order valence-corrected chi connectivity index (χ4v) is 3.82. The number of carbonyl (C=O) groups excluding carboxylic acids is 3. The fraction of sp³-hybridized carbons (Fsp3) is 0.174. The molecular formula is C23H19BrN2O4. The third-order valence-electron chi connectivity index (χ3n) is 4.98. The second kappa shape index (κ2) is 8.67. The van der Waals surface area contributed by atoms with Crippen molar-refractivity contribution in [3.8, 4) is 0 Å². The summed E-state index contributed by atoms with van der Waals surface area (Å²) >= 11 is 3.32. The van der Waals surface area contributed by atoms with Gasteiger partial charge in [-0.05, 0) is 35.9 Å². The van der Waals surface area contributed by atoms with Gasteiger partial charge in [0.1, 0.15) is 5.76 Å². The number of rotatable bonds is 7. The molecule has 7 heteroatoms. The molecule has 2 heterocycles. The van der Waals surface area contributed by atoms with E-state index in [2.05, 4.69) is 15.9 Å². The van der Waals surface area contributed by atoms with Crippen molar-refractivity contribution in [3.05, 3.63) is 93.9 Å². The molecule has 3 amide bonds. The molecule has 1 aliphatic rings. The van der Waals surface area contributed by atoms with Gasteiger partial charge in [-0.25, -0.2) is 0 Å². The molecular weight excluding hydrogens is 448 g/mol. The van der Waals surface area contributed by atoms with Crippen LogP contribution >= 0.6 is 15.9 Å². The van der Waals surface area contributed by atoms with Gasteiger partial charge in [0.15, 0.2) is 0 Å². The monoisotopic (exact) mass is 466 g/mol. The molecule has 0 radical (unpaired) electrons. The zero-order chi connectivity index (χ0) is 21.1. The zero-order valence-corrected chi connectivity index (χ0v) is 17.7. The molecule has 1 aromatic heterocycles. The molecule has 0 unspecified atom stereocenters. The summed E-state index contributed by atoms with van der Waals surface area (Å²) in [5.41, 5.74) is 1.72. The number of hydrogen-bond donors (Lipinski definition) is 0. The Morgan fingerprint density at radius 2 is 1.70 bits per heavy atom. The van der Waals surface area contributed by atoms with Gasteiger partial charge in [-0.3, -0.25) is 19.3 Å². The molecule has 3 aromatic rings. The molecule has 1 aliphatic heterocycles. The lowest BCUT2D eigenvalue weighted by Crippen LogP contribution is -2.36. The van der Waals surface area contributed by atoms with E-state index >= 15 is 0 Å². The molecule has 0 saturated carbocycles. The molecule has 6 nitrogen and oxygen atoms in total. The molecule has 30 heavy (non-hydrogen) atoms. The lowest BCUT2D eigenvalue weighted by molar-refractivity contribution is -0.132. The molecule has 0 fully saturated rings. The molecule has 0 saturated heterocycles. The predicted octanol–water partition coefficient (Wildman–Crippen LogP) is 4.26. The Labute approximate surface area is 182 Å². The normalized spacial score (nSPS) is 12.9. The average molecular weight is 467 g/mol. The summed E-state index contributed by atoms with van der Waals surface area (Å²) in [6, 6.07) is 18.2. The van der Waals surface area contributed by atoms with Crippen LogP contribution in [-0.2, 0) is 17.9 Å². The summed E-state index contributed by atoms with van der Waals surface area (Å²) in [6.45, 7) is 0.761. The molecule has 4 rings (SSSR count). The van der Waals surface area contributed by atoms with Crippen LogP contribution in [0.2, 0.25) is 0 Å². The van der Waals surface area contributed by atoms with Gasteiger partial charge in [0.2, 0.25) is 5.91 Å². The topological polar surface area (TPSA) is 70.8 Å². The Kier molecular flexibility index (Phi) is 5.81. The molecule has 152 valence electrons. The molecule has 0 atom stereocenters. The number of hydrogen-bond acceptors (Lipinski definition) is 4.